The van der Waals surface area contributed by atoms with Gasteiger partial charge in [0.2, 0.25) is 11.8 Å². The number of hydrogen-bond acceptors (Lipinski definition) is 4. The lowest BCUT2D eigenvalue weighted by molar-refractivity contribution is 0.369. The molecule has 0 bridgehead atoms. The predicted octanol–water partition coefficient (Wildman–Crippen LogP) is 2.95. The zero-order valence-corrected chi connectivity index (χ0v) is 11.3. The molecule has 2 heterocycles. The first-order chi connectivity index (χ1) is 9.81. The van der Waals surface area contributed by atoms with Crippen molar-refractivity contribution in [3.05, 3.63) is 36.0 Å². The second-order valence-electron chi connectivity index (χ2n) is 5.19. The van der Waals surface area contributed by atoms with Crippen molar-refractivity contribution in [2.45, 2.75) is 38.1 Å². The molecule has 0 amide bonds. The fourth-order valence-electron chi connectivity index (χ4n) is 2.53. The molecule has 0 radical (unpaired) electrons. The minimum Gasteiger partial charge on any atom is -0.421 e. The number of piperidine rings is 1. The standard InChI is InChI=1S/C15H18FN3O/c16-12-6-4-11(5-7-12)15-19-18-14(20-15)9-8-13-3-1-2-10-17-13/h4-7,13,17H,1-3,8-10H2. The number of aryl methyl sites for hydroxylation is 1. The maximum Gasteiger partial charge on any atom is 0.247 e. The second-order valence-corrected chi connectivity index (χ2v) is 5.19. The zero-order chi connectivity index (χ0) is 13.8. The van der Waals surface area contributed by atoms with Gasteiger partial charge in [0.1, 0.15) is 5.82 Å². The van der Waals surface area contributed by atoms with Crippen LogP contribution >= 0.6 is 0 Å². The molecule has 1 aliphatic heterocycles. The maximum atomic E-state index is 12.9. The first kappa shape index (κ1) is 13.2. The van der Waals surface area contributed by atoms with Gasteiger partial charge < -0.3 is 9.73 Å². The summed E-state index contributed by atoms with van der Waals surface area (Å²) in [4.78, 5) is 0. The SMILES string of the molecule is Fc1ccc(-c2nnc(CCC3CCCCN3)o2)cc1. The Kier molecular flexibility index (Phi) is 4.06. The Morgan fingerprint density at radius 3 is 2.80 bits per heavy atom. The van der Waals surface area contributed by atoms with Gasteiger partial charge in [-0.2, -0.15) is 0 Å². The number of hydrogen-bond donors (Lipinski definition) is 1. The molecule has 0 aliphatic carbocycles. The van der Waals surface area contributed by atoms with Crippen molar-refractivity contribution in [2.24, 2.45) is 0 Å². The van der Waals surface area contributed by atoms with E-state index in [1.54, 1.807) is 12.1 Å². The van der Waals surface area contributed by atoms with Crippen LogP contribution in [0.1, 0.15) is 31.6 Å². The summed E-state index contributed by atoms with van der Waals surface area (Å²) in [5.74, 6) is 0.838. The highest BCUT2D eigenvalue weighted by Gasteiger charge is 2.14. The number of nitrogens with one attached hydrogen (secondary N) is 1. The van der Waals surface area contributed by atoms with Gasteiger partial charge in [0.25, 0.3) is 0 Å². The molecule has 0 saturated carbocycles. The van der Waals surface area contributed by atoms with Crippen LogP contribution in [0, 0.1) is 5.82 Å². The lowest BCUT2D eigenvalue weighted by Gasteiger charge is -2.22. The minimum atomic E-state index is -0.267. The molecule has 0 spiro atoms. The highest BCUT2D eigenvalue weighted by molar-refractivity contribution is 5.51. The number of benzene rings is 1. The lowest BCUT2D eigenvalue weighted by atomic mass is 10.0. The predicted molar refractivity (Wildman–Crippen MR) is 73.7 cm³/mol. The Bertz CT molecular complexity index is 547. The molecule has 1 atom stereocenters. The molecule has 1 aromatic heterocycles. The summed E-state index contributed by atoms with van der Waals surface area (Å²) in [5, 5.41) is 11.6. The van der Waals surface area contributed by atoms with Crippen molar-refractivity contribution in [2.75, 3.05) is 6.54 Å². The van der Waals surface area contributed by atoms with Gasteiger partial charge in [0.05, 0.1) is 0 Å². The molecule has 3 rings (SSSR count). The largest absolute Gasteiger partial charge is 0.421 e. The summed E-state index contributed by atoms with van der Waals surface area (Å²) in [7, 11) is 0. The van der Waals surface area contributed by atoms with Gasteiger partial charge in [-0.25, -0.2) is 4.39 Å². The summed E-state index contributed by atoms with van der Waals surface area (Å²) in [6, 6.07) is 6.64. The molecule has 1 fully saturated rings. The van der Waals surface area contributed by atoms with E-state index in [-0.39, 0.29) is 5.82 Å². The van der Waals surface area contributed by atoms with Gasteiger partial charge in [-0.15, -0.1) is 10.2 Å². The van der Waals surface area contributed by atoms with Gasteiger partial charge in [0, 0.05) is 18.0 Å². The molecule has 20 heavy (non-hydrogen) atoms. The molecule has 1 unspecified atom stereocenters. The van der Waals surface area contributed by atoms with E-state index in [1.807, 2.05) is 0 Å². The smallest absolute Gasteiger partial charge is 0.247 e. The van der Waals surface area contributed by atoms with E-state index in [9.17, 15) is 4.39 Å². The van der Waals surface area contributed by atoms with Crippen LogP contribution in [0.2, 0.25) is 0 Å². The Morgan fingerprint density at radius 1 is 1.20 bits per heavy atom. The zero-order valence-electron chi connectivity index (χ0n) is 11.3. The average Bonchev–Trinajstić information content (AvgIpc) is 2.96. The van der Waals surface area contributed by atoms with E-state index in [4.69, 9.17) is 4.42 Å². The van der Waals surface area contributed by atoms with Crippen LogP contribution in [-0.2, 0) is 6.42 Å². The van der Waals surface area contributed by atoms with E-state index in [2.05, 4.69) is 15.5 Å². The van der Waals surface area contributed by atoms with E-state index >= 15 is 0 Å². The van der Waals surface area contributed by atoms with Gasteiger partial charge >= 0.3 is 0 Å². The number of rotatable bonds is 4. The Labute approximate surface area is 117 Å². The maximum absolute atomic E-state index is 12.9. The quantitative estimate of drug-likeness (QED) is 0.932. The van der Waals surface area contributed by atoms with Crippen molar-refractivity contribution >= 4 is 0 Å². The fraction of sp³-hybridized carbons (Fsp3) is 0.467. The van der Waals surface area contributed by atoms with Gasteiger partial charge in [-0.3, -0.25) is 0 Å². The first-order valence-electron chi connectivity index (χ1n) is 7.13. The summed E-state index contributed by atoms with van der Waals surface area (Å²) in [6.45, 7) is 1.11. The van der Waals surface area contributed by atoms with Gasteiger partial charge in [-0.1, -0.05) is 6.42 Å². The van der Waals surface area contributed by atoms with Crippen LogP contribution in [0.3, 0.4) is 0 Å². The molecule has 1 N–H and O–H groups in total. The van der Waals surface area contributed by atoms with Crippen LogP contribution in [0.25, 0.3) is 11.5 Å². The first-order valence-corrected chi connectivity index (χ1v) is 7.13. The average molecular weight is 275 g/mol. The molecule has 4 nitrogen and oxygen atoms in total. The van der Waals surface area contributed by atoms with E-state index in [0.29, 0.717) is 17.8 Å². The molecular weight excluding hydrogens is 257 g/mol. The number of nitrogens with zero attached hydrogens (tertiary/aromatic N) is 2. The van der Waals surface area contributed by atoms with Crippen LogP contribution in [0.15, 0.2) is 28.7 Å². The summed E-state index contributed by atoms with van der Waals surface area (Å²) >= 11 is 0. The molecule has 2 aromatic rings. The van der Waals surface area contributed by atoms with Gasteiger partial charge in [-0.05, 0) is 50.1 Å². The van der Waals surface area contributed by atoms with E-state index in [1.165, 1.54) is 31.4 Å². The Hall–Kier alpha value is -1.75. The minimum absolute atomic E-state index is 0.267. The molecule has 1 saturated heterocycles. The van der Waals surface area contributed by atoms with Crippen LogP contribution in [0.4, 0.5) is 4.39 Å². The van der Waals surface area contributed by atoms with Crippen molar-refractivity contribution in [3.8, 4) is 11.5 Å². The van der Waals surface area contributed by atoms with Crippen molar-refractivity contribution in [1.82, 2.24) is 15.5 Å². The normalized spacial score (nSPS) is 19.1. The summed E-state index contributed by atoms with van der Waals surface area (Å²) < 4.78 is 18.5. The highest BCUT2D eigenvalue weighted by atomic mass is 19.1. The second kappa shape index (κ2) is 6.13. The molecule has 1 aliphatic rings. The van der Waals surface area contributed by atoms with E-state index < -0.39 is 0 Å². The molecular formula is C15H18FN3O. The van der Waals surface area contributed by atoms with Crippen molar-refractivity contribution < 1.29 is 8.81 Å². The number of aromatic nitrogens is 2. The van der Waals surface area contributed by atoms with Crippen LogP contribution < -0.4 is 5.32 Å². The Morgan fingerprint density at radius 2 is 2.05 bits per heavy atom. The third-order valence-electron chi connectivity index (χ3n) is 3.68. The van der Waals surface area contributed by atoms with Crippen LogP contribution in [0.5, 0.6) is 0 Å². The van der Waals surface area contributed by atoms with Crippen molar-refractivity contribution in [1.29, 1.82) is 0 Å². The molecule has 106 valence electrons. The lowest BCUT2D eigenvalue weighted by Crippen LogP contribution is -2.34. The van der Waals surface area contributed by atoms with Gasteiger partial charge in [0.15, 0.2) is 0 Å². The molecule has 5 heteroatoms. The van der Waals surface area contributed by atoms with Crippen molar-refractivity contribution in [3.63, 3.8) is 0 Å². The number of halogens is 1. The highest BCUT2D eigenvalue weighted by Crippen LogP contribution is 2.19. The molecule has 1 aromatic carbocycles. The Balaban J connectivity index is 1.60. The topological polar surface area (TPSA) is 51.0 Å². The third kappa shape index (κ3) is 3.22. The fourth-order valence-corrected chi connectivity index (χ4v) is 2.53. The van der Waals surface area contributed by atoms with Crippen LogP contribution in [-0.4, -0.2) is 22.8 Å². The van der Waals surface area contributed by atoms with E-state index in [0.717, 1.165) is 24.9 Å². The summed E-state index contributed by atoms with van der Waals surface area (Å²) in [6.07, 6.45) is 5.59. The monoisotopic (exact) mass is 275 g/mol. The summed E-state index contributed by atoms with van der Waals surface area (Å²) in [5.41, 5.74) is 0.751. The third-order valence-corrected chi connectivity index (χ3v) is 3.68.